The van der Waals surface area contributed by atoms with E-state index in [-0.39, 0.29) is 11.2 Å². The van der Waals surface area contributed by atoms with E-state index in [9.17, 15) is 4.57 Å². The lowest BCUT2D eigenvalue weighted by molar-refractivity contribution is 0.00578. The van der Waals surface area contributed by atoms with Crippen LogP contribution in [0.1, 0.15) is 41.5 Å². The monoisotopic (exact) mass is 342 g/mol. The van der Waals surface area contributed by atoms with Crippen LogP contribution >= 0.6 is 7.37 Å². The van der Waals surface area contributed by atoms with Crippen LogP contribution in [-0.4, -0.2) is 38.8 Å². The maximum Gasteiger partial charge on any atom is 0.503 e. The summed E-state index contributed by atoms with van der Waals surface area (Å²) < 4.78 is 26.4. The number of hydrogen-bond donors (Lipinski definition) is 0. The molecule has 0 bridgehead atoms. The fourth-order valence-electron chi connectivity index (χ4n) is 1.29. The third-order valence-corrected chi connectivity index (χ3v) is 4.29. The van der Waals surface area contributed by atoms with Gasteiger partial charge in [-0.3, -0.25) is 4.57 Å². The van der Waals surface area contributed by atoms with E-state index in [1.807, 2.05) is 41.5 Å². The van der Waals surface area contributed by atoms with E-state index in [1.165, 1.54) is 7.11 Å². The van der Waals surface area contributed by atoms with Gasteiger partial charge in [0.15, 0.2) is 7.37 Å². The second-order valence-corrected chi connectivity index (χ2v) is 8.89. The molecule has 132 valence electrons. The van der Waals surface area contributed by atoms with E-state index in [4.69, 9.17) is 15.7 Å². The number of rotatable bonds is 3. The molecule has 0 saturated carbocycles. The average Bonchev–Trinajstić information content (AvgIpc) is 2.66. The van der Waals surface area contributed by atoms with Crippen LogP contribution in [0, 0.1) is 12.3 Å². The first-order valence-electron chi connectivity index (χ1n) is 7.66. The van der Waals surface area contributed by atoms with Gasteiger partial charge in [0.1, 0.15) is 0 Å². The molecule has 6 heteroatoms. The molecule has 0 atom stereocenters. The third-order valence-electron chi connectivity index (χ3n) is 3.41. The Bertz CT molecular complexity index is 467. The second-order valence-electron chi connectivity index (χ2n) is 6.02. The second kappa shape index (κ2) is 10.2. The van der Waals surface area contributed by atoms with E-state index in [0.29, 0.717) is 5.47 Å². The summed E-state index contributed by atoms with van der Waals surface area (Å²) in [5, 5.41) is 0. The molecule has 1 fully saturated rings. The summed E-state index contributed by atoms with van der Waals surface area (Å²) >= 11 is 0. The largest absolute Gasteiger partial charge is 0.503 e. The molecule has 1 heterocycles. The highest BCUT2D eigenvalue weighted by atomic mass is 31.2. The lowest BCUT2D eigenvalue weighted by Gasteiger charge is -2.32. The van der Waals surface area contributed by atoms with Crippen LogP contribution < -0.4 is 0 Å². The van der Waals surface area contributed by atoms with Crippen LogP contribution in [0.4, 0.5) is 0 Å². The highest BCUT2D eigenvalue weighted by Gasteiger charge is 2.52. The van der Waals surface area contributed by atoms with Crippen LogP contribution in [0.15, 0.2) is 24.2 Å². The summed E-state index contributed by atoms with van der Waals surface area (Å²) in [5.41, 5.74) is -0.0348. The van der Waals surface area contributed by atoms with Crippen molar-refractivity contribution in [2.45, 2.75) is 52.7 Å². The van der Waals surface area contributed by atoms with Crippen molar-refractivity contribution in [3.05, 3.63) is 24.2 Å². The highest BCUT2D eigenvalue weighted by molar-refractivity contribution is 7.57. The Morgan fingerprint density at radius 3 is 1.78 bits per heavy atom. The minimum Gasteiger partial charge on any atom is -0.399 e. The molecule has 23 heavy (non-hydrogen) atoms. The molecule has 1 aliphatic rings. The molecule has 0 aromatic rings. The maximum atomic E-state index is 10.4. The topological polar surface area (TPSA) is 44.8 Å². The summed E-state index contributed by atoms with van der Waals surface area (Å²) in [6.45, 7) is 18.7. The van der Waals surface area contributed by atoms with Crippen LogP contribution in [0.2, 0.25) is 0 Å². The Kier molecular flexibility index (Phi) is 10.8. The van der Waals surface area contributed by atoms with Gasteiger partial charge in [-0.1, -0.05) is 38.5 Å². The molecule has 0 aromatic carbocycles. The Balaban J connectivity index is 0. The molecular formula is C17H32BO4P. The molecule has 0 unspecified atom stereocenters. The van der Waals surface area contributed by atoms with Crippen LogP contribution in [-0.2, 0) is 18.4 Å². The molecule has 0 aromatic heterocycles. The first-order valence-corrected chi connectivity index (χ1v) is 10.2. The van der Waals surface area contributed by atoms with Crippen LogP contribution in [0.3, 0.4) is 0 Å². The SMILES string of the molecule is C#C/C(=C\C=C)B1OC(C)(C)C(C)(C)O1.CC.COP(C)(C)=O. The Hall–Kier alpha value is -0.785. The fraction of sp³-hybridized carbons (Fsp3) is 0.647. The summed E-state index contributed by atoms with van der Waals surface area (Å²) in [7, 11) is -1.16. The summed E-state index contributed by atoms with van der Waals surface area (Å²) in [5.74, 6) is 2.56. The minimum absolute atomic E-state index is 0.352. The Morgan fingerprint density at radius 2 is 1.57 bits per heavy atom. The van der Waals surface area contributed by atoms with Gasteiger partial charge in [-0.25, -0.2) is 0 Å². The van der Waals surface area contributed by atoms with Crippen molar-refractivity contribution in [3.8, 4) is 12.3 Å². The highest BCUT2D eigenvalue weighted by Crippen LogP contribution is 2.38. The molecular weight excluding hydrogens is 310 g/mol. The maximum absolute atomic E-state index is 10.4. The lowest BCUT2D eigenvalue weighted by atomic mass is 9.78. The average molecular weight is 342 g/mol. The van der Waals surface area contributed by atoms with Crippen molar-refractivity contribution in [2.24, 2.45) is 0 Å². The van der Waals surface area contributed by atoms with E-state index >= 15 is 0 Å². The zero-order valence-electron chi connectivity index (χ0n) is 16.1. The van der Waals surface area contributed by atoms with Gasteiger partial charge in [0.25, 0.3) is 0 Å². The normalized spacial score (nSPS) is 18.8. The molecule has 1 saturated heterocycles. The number of hydrogen-bond acceptors (Lipinski definition) is 4. The quantitative estimate of drug-likeness (QED) is 0.326. The van der Waals surface area contributed by atoms with Crippen molar-refractivity contribution in [3.63, 3.8) is 0 Å². The van der Waals surface area contributed by atoms with Gasteiger partial charge in [0, 0.05) is 25.9 Å². The number of terminal acetylenes is 1. The Morgan fingerprint density at radius 1 is 1.22 bits per heavy atom. The molecule has 4 nitrogen and oxygen atoms in total. The zero-order chi connectivity index (χ0) is 18.9. The van der Waals surface area contributed by atoms with Gasteiger partial charge >= 0.3 is 7.12 Å². The van der Waals surface area contributed by atoms with Gasteiger partial charge in [-0.15, -0.1) is 6.42 Å². The van der Waals surface area contributed by atoms with Gasteiger partial charge in [0.05, 0.1) is 11.2 Å². The first-order chi connectivity index (χ1) is 10.4. The van der Waals surface area contributed by atoms with E-state index < -0.39 is 14.5 Å². The first kappa shape index (κ1) is 24.5. The van der Waals surface area contributed by atoms with Gasteiger partial charge in [-0.05, 0) is 27.7 Å². The molecule has 0 amide bonds. The third kappa shape index (κ3) is 8.58. The van der Waals surface area contributed by atoms with Crippen molar-refractivity contribution < 1.29 is 18.4 Å². The minimum atomic E-state index is -2.15. The van der Waals surface area contributed by atoms with Gasteiger partial charge in [0.2, 0.25) is 0 Å². The van der Waals surface area contributed by atoms with E-state index in [2.05, 4.69) is 17.0 Å². The fourth-order valence-corrected chi connectivity index (χ4v) is 1.29. The molecule has 0 aliphatic carbocycles. The lowest BCUT2D eigenvalue weighted by Crippen LogP contribution is -2.41. The van der Waals surface area contributed by atoms with Crippen molar-refractivity contribution in [2.75, 3.05) is 20.4 Å². The summed E-state index contributed by atoms with van der Waals surface area (Å²) in [6, 6.07) is 0. The zero-order valence-corrected chi connectivity index (χ0v) is 17.0. The van der Waals surface area contributed by atoms with Crippen LogP contribution in [0.25, 0.3) is 0 Å². The van der Waals surface area contributed by atoms with Crippen LogP contribution in [0.5, 0.6) is 0 Å². The van der Waals surface area contributed by atoms with Crippen molar-refractivity contribution >= 4 is 14.5 Å². The molecule has 0 radical (unpaired) electrons. The predicted molar refractivity (Wildman–Crippen MR) is 101 cm³/mol. The predicted octanol–water partition coefficient (Wildman–Crippen LogP) is 4.56. The van der Waals surface area contributed by atoms with Crippen molar-refractivity contribution in [1.82, 2.24) is 0 Å². The molecule has 0 N–H and O–H groups in total. The van der Waals surface area contributed by atoms with Gasteiger partial charge < -0.3 is 13.8 Å². The smallest absolute Gasteiger partial charge is 0.399 e. The summed E-state index contributed by atoms with van der Waals surface area (Å²) in [6.07, 6.45) is 8.77. The molecule has 0 spiro atoms. The van der Waals surface area contributed by atoms with E-state index in [1.54, 1.807) is 25.5 Å². The van der Waals surface area contributed by atoms with E-state index in [0.717, 1.165) is 0 Å². The standard InChI is InChI=1S/C12H17BO2.C3H9O2P.C2H6/c1-7-9-10(8-2)13-14-11(3,4)12(5,6)15-13;1-5-6(2,3)4;1-2/h2,7,9H,1H2,3-6H3;1-3H3;1-2H3/b10-9+;;. The van der Waals surface area contributed by atoms with Crippen molar-refractivity contribution in [1.29, 1.82) is 0 Å². The molecule has 1 rings (SSSR count). The van der Waals surface area contributed by atoms with Gasteiger partial charge in [-0.2, -0.15) is 0 Å². The molecule has 1 aliphatic heterocycles. The summed E-state index contributed by atoms with van der Waals surface area (Å²) in [4.78, 5) is 0. The Labute approximate surface area is 143 Å². The number of allylic oxidation sites excluding steroid dienone is 3.